The molecular formula is C30H47N7O6S. The summed E-state index contributed by atoms with van der Waals surface area (Å²) in [5, 5.41) is 10.1. The summed E-state index contributed by atoms with van der Waals surface area (Å²) in [4.78, 5) is 40.1. The highest BCUT2D eigenvalue weighted by molar-refractivity contribution is 7.86. The smallest absolute Gasteiger partial charge is 0.439 e. The predicted octanol–water partition coefficient (Wildman–Crippen LogP) is 4.88. The Morgan fingerprint density at radius 3 is 2.50 bits per heavy atom. The van der Waals surface area contributed by atoms with Gasteiger partial charge >= 0.3 is 12.2 Å². The van der Waals surface area contributed by atoms with Crippen LogP contribution >= 0.6 is 0 Å². The fraction of sp³-hybridized carbons (Fsp3) is 0.500. The maximum absolute atomic E-state index is 12.1. The van der Waals surface area contributed by atoms with Crippen molar-refractivity contribution in [2.45, 2.75) is 53.6 Å². The summed E-state index contributed by atoms with van der Waals surface area (Å²) in [6, 6.07) is 3.14. The Kier molecular flexibility index (Phi) is 17.8. The van der Waals surface area contributed by atoms with Crippen molar-refractivity contribution in [1.82, 2.24) is 10.7 Å². The molecule has 0 spiro atoms. The van der Waals surface area contributed by atoms with E-state index in [-0.39, 0.29) is 18.7 Å². The van der Waals surface area contributed by atoms with Crippen LogP contribution in [0.2, 0.25) is 0 Å². The number of ether oxygens (including phenoxy) is 3. The number of nitrogens with one attached hydrogen (secondary N) is 3. The maximum Gasteiger partial charge on any atom is 0.439 e. The van der Waals surface area contributed by atoms with Gasteiger partial charge in [-0.1, -0.05) is 22.8 Å². The van der Waals surface area contributed by atoms with Crippen LogP contribution in [0.15, 0.2) is 50.9 Å². The lowest BCUT2D eigenvalue weighted by Gasteiger charge is -2.19. The number of rotatable bonds is 17. The first-order valence-electron chi connectivity index (χ1n) is 14.3. The lowest BCUT2D eigenvalue weighted by molar-refractivity contribution is 0.0533. The van der Waals surface area contributed by atoms with E-state index in [1.165, 1.54) is 0 Å². The molecule has 5 N–H and O–H groups in total. The lowest BCUT2D eigenvalue weighted by atomic mass is 10.1. The monoisotopic (exact) mass is 633 g/mol. The van der Waals surface area contributed by atoms with Gasteiger partial charge in [-0.25, -0.2) is 9.59 Å². The number of primary amides is 1. The molecule has 44 heavy (non-hydrogen) atoms. The Morgan fingerprint density at radius 2 is 1.84 bits per heavy atom. The van der Waals surface area contributed by atoms with Crippen molar-refractivity contribution in [2.24, 2.45) is 20.2 Å². The van der Waals surface area contributed by atoms with Gasteiger partial charge in [0.1, 0.15) is 17.0 Å². The lowest BCUT2D eigenvalue weighted by Crippen LogP contribution is -2.32. The normalized spacial score (nSPS) is 12.9. The number of hydrogen-bond acceptors (Lipinski definition) is 10. The van der Waals surface area contributed by atoms with Gasteiger partial charge < -0.3 is 36.0 Å². The number of amides is 3. The van der Waals surface area contributed by atoms with E-state index in [2.05, 4.69) is 30.5 Å². The second-order valence-electron chi connectivity index (χ2n) is 10.2. The van der Waals surface area contributed by atoms with E-state index in [9.17, 15) is 14.4 Å². The number of nitrogens with two attached hydrogens (primary N) is 1. The van der Waals surface area contributed by atoms with Crippen molar-refractivity contribution in [3.8, 4) is 5.75 Å². The van der Waals surface area contributed by atoms with E-state index in [1.807, 2.05) is 26.2 Å². The zero-order chi connectivity index (χ0) is 33.0. The minimum atomic E-state index is -0.626. The molecule has 0 fully saturated rings. The molecule has 1 atom stereocenters. The molecule has 0 aromatic heterocycles. The molecule has 0 saturated carbocycles. The number of hydrogen-bond donors (Lipinski definition) is 4. The van der Waals surface area contributed by atoms with Crippen LogP contribution in [0.5, 0.6) is 5.75 Å². The Morgan fingerprint density at radius 1 is 1.11 bits per heavy atom. The molecule has 1 aromatic rings. The fourth-order valence-electron chi connectivity index (χ4n) is 3.24. The molecule has 13 nitrogen and oxygen atoms in total. The summed E-state index contributed by atoms with van der Waals surface area (Å²) in [6.45, 7) is 12.8. The number of aliphatic imine (C=N–C) groups is 1. The molecule has 1 rings (SSSR count). The fourth-order valence-corrected chi connectivity index (χ4v) is 4.17. The zero-order valence-electron chi connectivity index (χ0n) is 26.8. The molecule has 0 aliphatic rings. The van der Waals surface area contributed by atoms with Crippen LogP contribution in [0, 0.1) is 0 Å². The van der Waals surface area contributed by atoms with Crippen LogP contribution < -0.4 is 26.5 Å². The Balaban J connectivity index is 3.14. The number of anilines is 1. The van der Waals surface area contributed by atoms with Gasteiger partial charge in [0.05, 0.1) is 24.6 Å². The summed E-state index contributed by atoms with van der Waals surface area (Å²) in [5.41, 5.74) is 9.91. The minimum Gasteiger partial charge on any atom is -0.491 e. The van der Waals surface area contributed by atoms with Gasteiger partial charge in [0.25, 0.3) is 0 Å². The van der Waals surface area contributed by atoms with Crippen LogP contribution in [0.1, 0.15) is 58.3 Å². The third-order valence-electron chi connectivity index (χ3n) is 5.08. The summed E-state index contributed by atoms with van der Waals surface area (Å²) >= 11 is 0. The maximum atomic E-state index is 12.1. The van der Waals surface area contributed by atoms with Crippen LogP contribution in [0.4, 0.5) is 21.0 Å². The molecule has 0 heterocycles. The first-order chi connectivity index (χ1) is 20.9. The van der Waals surface area contributed by atoms with Gasteiger partial charge in [0.15, 0.2) is 0 Å². The van der Waals surface area contributed by atoms with E-state index < -0.39 is 34.4 Å². The van der Waals surface area contributed by atoms with Crippen molar-refractivity contribution < 1.29 is 28.6 Å². The van der Waals surface area contributed by atoms with Crippen LogP contribution in [-0.2, 0) is 20.2 Å². The quantitative estimate of drug-likeness (QED) is 0.0811. The number of nitrogens with zero attached hydrogens (tertiary/aromatic N) is 3. The minimum absolute atomic E-state index is 0.233. The van der Waals surface area contributed by atoms with Crippen LogP contribution in [0.3, 0.4) is 0 Å². The van der Waals surface area contributed by atoms with Crippen molar-refractivity contribution in [2.75, 3.05) is 50.2 Å². The molecule has 244 valence electrons. The highest BCUT2D eigenvalue weighted by Gasteiger charge is 2.16. The van der Waals surface area contributed by atoms with Gasteiger partial charge in [-0.3, -0.25) is 9.79 Å². The molecule has 1 unspecified atom stereocenters. The number of alkyl carbamates (subject to hydrolysis) is 1. The SMILES string of the molecule is CCN/N=C(C)\C=C\C=Nc1cc(C(N)=O)cc(OCCCS(C)=NC(=O)OCC)c1NC/C=C/CNC(=O)OC(C)(C)C. The van der Waals surface area contributed by atoms with Crippen molar-refractivity contribution in [1.29, 1.82) is 0 Å². The van der Waals surface area contributed by atoms with Crippen molar-refractivity contribution >= 4 is 52.1 Å². The van der Waals surface area contributed by atoms with Crippen molar-refractivity contribution in [3.63, 3.8) is 0 Å². The number of hydrazone groups is 1. The molecule has 1 aromatic carbocycles. The number of benzene rings is 1. The standard InChI is InChI=1S/C30H47N7O6S/c1-8-35-36-22(3)14-12-17-32-24-20-23(27(31)38)21-25(42-18-13-19-44(7)37-29(40)41-9-2)26(24)33-15-10-11-16-34-28(39)43-30(4,5)6/h10-12,14,17,20-21,33,35H,8-9,13,15-16,18-19H2,1-7H3,(H2,31,38)(H,34,39)/b11-10+,14-12+,32-17?,36-22-. The molecule has 0 aliphatic heterocycles. The highest BCUT2D eigenvalue weighted by Crippen LogP contribution is 2.36. The van der Waals surface area contributed by atoms with E-state index >= 15 is 0 Å². The molecule has 0 radical (unpaired) electrons. The van der Waals surface area contributed by atoms with Gasteiger partial charge in [-0.05, 0) is 78.5 Å². The first kappa shape index (κ1) is 37.8. The topological polar surface area (TPSA) is 178 Å². The van der Waals surface area contributed by atoms with E-state index in [1.54, 1.807) is 64.3 Å². The second-order valence-corrected chi connectivity index (χ2v) is 12.0. The Labute approximate surface area is 262 Å². The summed E-state index contributed by atoms with van der Waals surface area (Å²) < 4.78 is 20.2. The molecule has 0 bridgehead atoms. The number of carbonyl (C=O) groups is 3. The largest absolute Gasteiger partial charge is 0.491 e. The summed E-state index contributed by atoms with van der Waals surface area (Å²) in [5.74, 6) is 0.382. The van der Waals surface area contributed by atoms with Gasteiger partial charge in [-0.2, -0.15) is 9.46 Å². The average molecular weight is 634 g/mol. The van der Waals surface area contributed by atoms with E-state index in [0.717, 1.165) is 5.71 Å². The second kappa shape index (κ2) is 20.7. The number of allylic oxidation sites excluding steroid dienone is 2. The van der Waals surface area contributed by atoms with Gasteiger partial charge in [0, 0.05) is 37.2 Å². The highest BCUT2D eigenvalue weighted by atomic mass is 32.2. The predicted molar refractivity (Wildman–Crippen MR) is 179 cm³/mol. The summed E-state index contributed by atoms with van der Waals surface area (Å²) in [6.07, 6.45) is 10.1. The summed E-state index contributed by atoms with van der Waals surface area (Å²) in [7, 11) is -0.523. The average Bonchev–Trinajstić information content (AvgIpc) is 2.93. The molecule has 0 saturated heterocycles. The van der Waals surface area contributed by atoms with Gasteiger partial charge in [-0.15, -0.1) is 0 Å². The van der Waals surface area contributed by atoms with Crippen molar-refractivity contribution in [3.05, 3.63) is 42.0 Å². The first-order valence-corrected chi connectivity index (χ1v) is 16.1. The van der Waals surface area contributed by atoms with E-state index in [4.69, 9.17) is 19.9 Å². The number of carbonyl (C=O) groups excluding carboxylic acids is 3. The molecule has 0 aliphatic carbocycles. The molecule has 14 heteroatoms. The van der Waals surface area contributed by atoms with Crippen LogP contribution in [-0.4, -0.2) is 80.5 Å². The molecular weight excluding hydrogens is 586 g/mol. The Hall–Kier alpha value is -4.20. The van der Waals surface area contributed by atoms with Crippen LogP contribution in [0.25, 0.3) is 0 Å². The third-order valence-corrected chi connectivity index (χ3v) is 6.42. The van der Waals surface area contributed by atoms with Gasteiger partial charge in [0.2, 0.25) is 5.91 Å². The zero-order valence-corrected chi connectivity index (χ0v) is 27.6. The van der Waals surface area contributed by atoms with E-state index in [0.29, 0.717) is 49.0 Å². The molecule has 3 amide bonds. The Bertz CT molecular complexity index is 1250. The third kappa shape index (κ3) is 17.0.